The second kappa shape index (κ2) is 7.76. The number of rotatable bonds is 5. The average Bonchev–Trinajstić information content (AvgIpc) is 2.56. The zero-order valence-corrected chi connectivity index (χ0v) is 14.3. The smallest absolute Gasteiger partial charge is 0.345 e. The third-order valence-electron chi connectivity index (χ3n) is 3.50. The van der Waals surface area contributed by atoms with E-state index in [1.807, 2.05) is 19.9 Å². The first-order chi connectivity index (χ1) is 11.8. The fraction of sp³-hybridized carbons (Fsp3) is 0.176. The van der Waals surface area contributed by atoms with E-state index in [-0.39, 0.29) is 10.6 Å². The molecule has 2 aromatic rings. The minimum Gasteiger partial charge on any atom is -0.452 e. The van der Waals surface area contributed by atoms with Gasteiger partial charge in [-0.2, -0.15) is 0 Å². The average molecular weight is 363 g/mol. The van der Waals surface area contributed by atoms with Crippen LogP contribution in [0.3, 0.4) is 0 Å². The van der Waals surface area contributed by atoms with Crippen LogP contribution in [-0.4, -0.2) is 23.4 Å². The number of aryl methyl sites for hydroxylation is 2. The molecule has 0 aromatic heterocycles. The Morgan fingerprint density at radius 1 is 1.16 bits per heavy atom. The molecule has 2 rings (SSSR count). The Morgan fingerprint density at radius 2 is 1.88 bits per heavy atom. The molecule has 0 fully saturated rings. The number of nitro groups is 1. The fourth-order valence-corrected chi connectivity index (χ4v) is 2.22. The lowest BCUT2D eigenvalue weighted by atomic mass is 10.1. The minimum atomic E-state index is -0.974. The van der Waals surface area contributed by atoms with Crippen molar-refractivity contribution >= 4 is 34.9 Å². The van der Waals surface area contributed by atoms with Gasteiger partial charge in [-0.3, -0.25) is 14.9 Å². The van der Waals surface area contributed by atoms with Crippen molar-refractivity contribution in [2.24, 2.45) is 0 Å². The van der Waals surface area contributed by atoms with Gasteiger partial charge in [-0.1, -0.05) is 17.7 Å². The first-order valence-electron chi connectivity index (χ1n) is 7.26. The molecule has 1 N–H and O–H groups in total. The number of anilines is 1. The first kappa shape index (κ1) is 18.4. The predicted molar refractivity (Wildman–Crippen MR) is 92.9 cm³/mol. The van der Waals surface area contributed by atoms with Gasteiger partial charge in [-0.05, 0) is 49.2 Å². The Bertz CT molecular complexity index is 851. The molecule has 7 nitrogen and oxygen atoms in total. The number of carbonyl (C=O) groups excluding carboxylic acids is 2. The molecule has 0 radical (unpaired) electrons. The molecular weight excluding hydrogens is 348 g/mol. The van der Waals surface area contributed by atoms with Gasteiger partial charge in [-0.25, -0.2) is 4.79 Å². The fourth-order valence-electron chi connectivity index (χ4n) is 2.05. The zero-order valence-electron chi connectivity index (χ0n) is 13.5. The van der Waals surface area contributed by atoms with Gasteiger partial charge in [0.25, 0.3) is 11.6 Å². The molecule has 0 heterocycles. The molecular formula is C17H15ClN2O5. The van der Waals surface area contributed by atoms with Crippen LogP contribution in [0.15, 0.2) is 36.4 Å². The van der Waals surface area contributed by atoms with Crippen molar-refractivity contribution in [2.75, 3.05) is 11.9 Å². The lowest BCUT2D eigenvalue weighted by Gasteiger charge is -2.08. The Kier molecular flexibility index (Phi) is 5.71. The Hall–Kier alpha value is -2.93. The van der Waals surface area contributed by atoms with Crippen molar-refractivity contribution in [3.8, 4) is 0 Å². The van der Waals surface area contributed by atoms with Crippen LogP contribution in [0.2, 0.25) is 5.02 Å². The Balaban J connectivity index is 2.01. The van der Waals surface area contributed by atoms with E-state index >= 15 is 0 Å². The second-order valence-electron chi connectivity index (χ2n) is 5.34. The van der Waals surface area contributed by atoms with Crippen molar-refractivity contribution in [3.63, 3.8) is 0 Å². The van der Waals surface area contributed by atoms with Crippen molar-refractivity contribution in [3.05, 3.63) is 68.2 Å². The van der Waals surface area contributed by atoms with Crippen LogP contribution < -0.4 is 5.32 Å². The molecule has 0 unspecified atom stereocenters. The number of ether oxygens (including phenoxy) is 1. The predicted octanol–water partition coefficient (Wildman–Crippen LogP) is 3.66. The number of carbonyl (C=O) groups is 2. The summed E-state index contributed by atoms with van der Waals surface area (Å²) in [6.45, 7) is 3.29. The minimum absolute atomic E-state index is 0.121. The lowest BCUT2D eigenvalue weighted by molar-refractivity contribution is -0.385. The Morgan fingerprint density at radius 3 is 2.52 bits per heavy atom. The molecule has 2 aromatic carbocycles. The number of nitrogens with zero attached hydrogens (tertiary/aromatic N) is 1. The summed E-state index contributed by atoms with van der Waals surface area (Å²) in [7, 11) is 0. The molecule has 0 aliphatic heterocycles. The van der Waals surface area contributed by atoms with Crippen LogP contribution in [0.1, 0.15) is 21.5 Å². The molecule has 0 aliphatic carbocycles. The normalized spacial score (nSPS) is 10.2. The molecule has 0 saturated heterocycles. The summed E-state index contributed by atoms with van der Waals surface area (Å²) in [6.07, 6.45) is 0. The van der Waals surface area contributed by atoms with E-state index in [0.717, 1.165) is 17.2 Å². The van der Waals surface area contributed by atoms with Gasteiger partial charge in [0.1, 0.15) is 5.56 Å². The number of nitro benzene ring substituents is 1. The van der Waals surface area contributed by atoms with Gasteiger partial charge in [0.05, 0.1) is 4.92 Å². The van der Waals surface area contributed by atoms with Gasteiger partial charge in [-0.15, -0.1) is 0 Å². The van der Waals surface area contributed by atoms with E-state index < -0.39 is 29.1 Å². The summed E-state index contributed by atoms with van der Waals surface area (Å²) in [6, 6.07) is 8.94. The molecule has 8 heteroatoms. The van der Waals surface area contributed by atoms with Gasteiger partial charge in [0.15, 0.2) is 6.61 Å². The number of nitrogens with one attached hydrogen (secondary N) is 1. The molecule has 0 spiro atoms. The lowest BCUT2D eigenvalue weighted by Crippen LogP contribution is -2.21. The monoisotopic (exact) mass is 362 g/mol. The summed E-state index contributed by atoms with van der Waals surface area (Å²) < 4.78 is 4.85. The summed E-state index contributed by atoms with van der Waals surface area (Å²) in [5.41, 5.74) is 1.91. The number of esters is 1. The van der Waals surface area contributed by atoms with Crippen molar-refractivity contribution in [1.82, 2.24) is 0 Å². The van der Waals surface area contributed by atoms with E-state index in [1.165, 1.54) is 12.1 Å². The zero-order chi connectivity index (χ0) is 18.6. The van der Waals surface area contributed by atoms with Crippen LogP contribution in [0, 0.1) is 24.0 Å². The molecule has 1 amide bonds. The third-order valence-corrected chi connectivity index (χ3v) is 3.74. The molecule has 0 atom stereocenters. The van der Waals surface area contributed by atoms with E-state index in [9.17, 15) is 19.7 Å². The maximum atomic E-state index is 12.0. The van der Waals surface area contributed by atoms with Crippen molar-refractivity contribution in [1.29, 1.82) is 0 Å². The first-order valence-corrected chi connectivity index (χ1v) is 7.64. The highest BCUT2D eigenvalue weighted by atomic mass is 35.5. The number of benzene rings is 2. The highest BCUT2D eigenvalue weighted by Gasteiger charge is 2.22. The van der Waals surface area contributed by atoms with E-state index in [2.05, 4.69) is 5.32 Å². The quantitative estimate of drug-likeness (QED) is 0.497. The topological polar surface area (TPSA) is 98.5 Å². The summed E-state index contributed by atoms with van der Waals surface area (Å²) in [4.78, 5) is 34.1. The number of halogens is 1. The van der Waals surface area contributed by atoms with Crippen LogP contribution in [-0.2, 0) is 9.53 Å². The van der Waals surface area contributed by atoms with E-state index in [0.29, 0.717) is 5.69 Å². The number of hydrogen-bond donors (Lipinski definition) is 1. The Labute approximate surface area is 148 Å². The van der Waals surface area contributed by atoms with Crippen molar-refractivity contribution in [2.45, 2.75) is 13.8 Å². The summed E-state index contributed by atoms with van der Waals surface area (Å²) in [5.74, 6) is -1.52. The van der Waals surface area contributed by atoms with E-state index in [4.69, 9.17) is 16.3 Å². The third kappa shape index (κ3) is 4.77. The van der Waals surface area contributed by atoms with Crippen molar-refractivity contribution < 1.29 is 19.2 Å². The van der Waals surface area contributed by atoms with Crippen LogP contribution in [0.5, 0.6) is 0 Å². The SMILES string of the molecule is Cc1ccc(NC(=O)COC(=O)c2ccc(Cl)cc2[N+](=O)[O-])cc1C. The summed E-state index contributed by atoms with van der Waals surface area (Å²) >= 11 is 5.69. The highest BCUT2D eigenvalue weighted by Crippen LogP contribution is 2.24. The summed E-state index contributed by atoms with van der Waals surface area (Å²) in [5, 5.41) is 13.7. The van der Waals surface area contributed by atoms with Crippen LogP contribution in [0.25, 0.3) is 0 Å². The molecule has 130 valence electrons. The second-order valence-corrected chi connectivity index (χ2v) is 5.78. The van der Waals surface area contributed by atoms with Crippen LogP contribution in [0.4, 0.5) is 11.4 Å². The highest BCUT2D eigenvalue weighted by molar-refractivity contribution is 6.31. The maximum Gasteiger partial charge on any atom is 0.345 e. The number of amides is 1. The largest absolute Gasteiger partial charge is 0.452 e. The van der Waals surface area contributed by atoms with Crippen LogP contribution >= 0.6 is 11.6 Å². The van der Waals surface area contributed by atoms with Gasteiger partial charge >= 0.3 is 5.97 Å². The molecule has 0 aliphatic rings. The standard InChI is InChI=1S/C17H15ClN2O5/c1-10-3-5-13(7-11(10)2)19-16(21)9-25-17(22)14-6-4-12(18)8-15(14)20(23)24/h3-8H,9H2,1-2H3,(H,19,21). The van der Waals surface area contributed by atoms with Gasteiger partial charge in [0, 0.05) is 16.8 Å². The molecule has 25 heavy (non-hydrogen) atoms. The molecule has 0 saturated carbocycles. The maximum absolute atomic E-state index is 12.0. The van der Waals surface area contributed by atoms with Gasteiger partial charge < -0.3 is 10.1 Å². The molecule has 0 bridgehead atoms. The van der Waals surface area contributed by atoms with E-state index in [1.54, 1.807) is 12.1 Å². The number of hydrogen-bond acceptors (Lipinski definition) is 5. The van der Waals surface area contributed by atoms with Gasteiger partial charge in [0.2, 0.25) is 0 Å².